The molecule has 0 saturated heterocycles. The van der Waals surface area contributed by atoms with Crippen molar-refractivity contribution in [2.75, 3.05) is 34.2 Å². The number of benzene rings is 1. The number of guanidine groups is 1. The first-order chi connectivity index (χ1) is 11.0. The molecule has 0 atom stereocenters. The number of hydrogen-bond acceptors (Lipinski definition) is 2. The Balaban J connectivity index is 0.00000288. The molecule has 1 aromatic rings. The molecule has 0 heterocycles. The fraction of sp³-hybridized carbons (Fsp3) is 0.529. The summed E-state index contributed by atoms with van der Waals surface area (Å²) in [5, 5.41) is 6.59. The average molecular weight is 509 g/mol. The SMILES string of the molecule is CN=C(NCCC(=O)N(C)C)NCC1(c2cccc(Br)c2)CC1.I. The zero-order valence-corrected chi connectivity index (χ0v) is 18.4. The Labute approximate surface area is 169 Å². The summed E-state index contributed by atoms with van der Waals surface area (Å²) < 4.78 is 1.12. The molecule has 1 aliphatic rings. The zero-order chi connectivity index (χ0) is 16.9. The summed E-state index contributed by atoms with van der Waals surface area (Å²) >= 11 is 3.54. The molecule has 5 nitrogen and oxygen atoms in total. The summed E-state index contributed by atoms with van der Waals surface area (Å²) in [5.41, 5.74) is 1.57. The normalized spacial score (nSPS) is 15.2. The van der Waals surface area contributed by atoms with E-state index >= 15 is 0 Å². The topological polar surface area (TPSA) is 56.7 Å². The quantitative estimate of drug-likeness (QED) is 0.353. The third-order valence-corrected chi connectivity index (χ3v) is 4.73. The maximum absolute atomic E-state index is 11.6. The summed E-state index contributed by atoms with van der Waals surface area (Å²) in [6.07, 6.45) is 2.84. The first-order valence-electron chi connectivity index (χ1n) is 7.87. The molecule has 0 radical (unpaired) electrons. The molecule has 0 unspecified atom stereocenters. The van der Waals surface area contributed by atoms with Crippen LogP contribution in [0.25, 0.3) is 0 Å². The van der Waals surface area contributed by atoms with Crippen LogP contribution in [0.2, 0.25) is 0 Å². The van der Waals surface area contributed by atoms with Gasteiger partial charge in [-0.3, -0.25) is 9.79 Å². The summed E-state index contributed by atoms with van der Waals surface area (Å²) in [4.78, 5) is 17.4. The molecular formula is C17H26BrIN4O. The van der Waals surface area contributed by atoms with Gasteiger partial charge in [-0.05, 0) is 30.5 Å². The Hall–Kier alpha value is -0.830. The van der Waals surface area contributed by atoms with Crippen LogP contribution in [0.15, 0.2) is 33.7 Å². The van der Waals surface area contributed by atoms with E-state index in [-0.39, 0.29) is 35.3 Å². The molecule has 0 aromatic heterocycles. The third-order valence-electron chi connectivity index (χ3n) is 4.24. The first kappa shape index (κ1) is 21.2. The van der Waals surface area contributed by atoms with Crippen molar-refractivity contribution in [3.8, 4) is 0 Å². The number of amides is 1. The van der Waals surface area contributed by atoms with Gasteiger partial charge in [0.15, 0.2) is 5.96 Å². The monoisotopic (exact) mass is 508 g/mol. The number of aliphatic imine (C=N–C) groups is 1. The second-order valence-electron chi connectivity index (χ2n) is 6.18. The maximum Gasteiger partial charge on any atom is 0.223 e. The lowest BCUT2D eigenvalue weighted by Gasteiger charge is -2.19. The summed E-state index contributed by atoms with van der Waals surface area (Å²) in [6, 6.07) is 8.51. The molecule has 1 aliphatic carbocycles. The molecule has 134 valence electrons. The van der Waals surface area contributed by atoms with E-state index < -0.39 is 0 Å². The molecule has 0 spiro atoms. The molecule has 2 N–H and O–H groups in total. The standard InChI is InChI=1S/C17H25BrN4O.HI/c1-19-16(20-10-7-15(23)22(2)3)21-12-17(8-9-17)13-5-4-6-14(18)11-13;/h4-6,11H,7-10,12H2,1-3H3,(H2,19,20,21);1H. The Morgan fingerprint density at radius 1 is 1.33 bits per heavy atom. The number of carbonyl (C=O) groups excluding carboxylic acids is 1. The molecule has 24 heavy (non-hydrogen) atoms. The van der Waals surface area contributed by atoms with Gasteiger partial charge in [-0.25, -0.2) is 0 Å². The highest BCUT2D eigenvalue weighted by Crippen LogP contribution is 2.48. The van der Waals surface area contributed by atoms with Gasteiger partial charge < -0.3 is 15.5 Å². The number of rotatable bonds is 6. The second kappa shape index (κ2) is 9.60. The Morgan fingerprint density at radius 3 is 2.58 bits per heavy atom. The molecular weight excluding hydrogens is 483 g/mol. The van der Waals surface area contributed by atoms with Crippen LogP contribution in [0.3, 0.4) is 0 Å². The smallest absolute Gasteiger partial charge is 0.223 e. The Morgan fingerprint density at radius 2 is 2.04 bits per heavy atom. The minimum absolute atomic E-state index is 0. The lowest BCUT2D eigenvalue weighted by Crippen LogP contribution is -2.42. The van der Waals surface area contributed by atoms with E-state index in [4.69, 9.17) is 0 Å². The summed E-state index contributed by atoms with van der Waals surface area (Å²) in [6.45, 7) is 1.44. The van der Waals surface area contributed by atoms with E-state index in [0.717, 1.165) is 17.0 Å². The van der Waals surface area contributed by atoms with Gasteiger partial charge in [-0.2, -0.15) is 0 Å². The summed E-state index contributed by atoms with van der Waals surface area (Å²) in [5.74, 6) is 0.860. The van der Waals surface area contributed by atoms with E-state index in [1.807, 2.05) is 0 Å². The van der Waals surface area contributed by atoms with Crippen LogP contribution in [0.5, 0.6) is 0 Å². The number of nitrogens with one attached hydrogen (secondary N) is 2. The van der Waals surface area contributed by atoms with Crippen molar-refractivity contribution in [3.05, 3.63) is 34.3 Å². The van der Waals surface area contributed by atoms with Crippen molar-refractivity contribution < 1.29 is 4.79 Å². The van der Waals surface area contributed by atoms with Crippen LogP contribution in [0.4, 0.5) is 0 Å². The zero-order valence-electron chi connectivity index (χ0n) is 14.4. The van der Waals surface area contributed by atoms with Gasteiger partial charge in [-0.1, -0.05) is 28.1 Å². The number of carbonyl (C=O) groups is 1. The fourth-order valence-electron chi connectivity index (χ4n) is 2.52. The number of halogens is 2. The second-order valence-corrected chi connectivity index (χ2v) is 7.10. The molecule has 1 fully saturated rings. The average Bonchev–Trinajstić information content (AvgIpc) is 3.31. The largest absolute Gasteiger partial charge is 0.356 e. The highest BCUT2D eigenvalue weighted by Gasteiger charge is 2.44. The van der Waals surface area contributed by atoms with Crippen molar-refractivity contribution >= 4 is 51.8 Å². The Bertz CT molecular complexity index is 588. The van der Waals surface area contributed by atoms with Crippen LogP contribution in [-0.2, 0) is 10.2 Å². The third kappa shape index (κ3) is 5.91. The van der Waals surface area contributed by atoms with Gasteiger partial charge in [0.25, 0.3) is 0 Å². The lowest BCUT2D eigenvalue weighted by atomic mass is 9.96. The van der Waals surface area contributed by atoms with Crippen molar-refractivity contribution in [2.45, 2.75) is 24.7 Å². The van der Waals surface area contributed by atoms with Crippen molar-refractivity contribution in [3.63, 3.8) is 0 Å². The molecule has 0 aliphatic heterocycles. The molecule has 1 aromatic carbocycles. The van der Waals surface area contributed by atoms with Crippen LogP contribution < -0.4 is 10.6 Å². The van der Waals surface area contributed by atoms with Crippen LogP contribution >= 0.6 is 39.9 Å². The molecule has 0 bridgehead atoms. The van der Waals surface area contributed by atoms with Crippen LogP contribution in [-0.4, -0.2) is 51.0 Å². The fourth-order valence-corrected chi connectivity index (χ4v) is 2.92. The first-order valence-corrected chi connectivity index (χ1v) is 8.67. The van der Waals surface area contributed by atoms with Crippen molar-refractivity contribution in [1.29, 1.82) is 0 Å². The van der Waals surface area contributed by atoms with E-state index in [0.29, 0.717) is 13.0 Å². The van der Waals surface area contributed by atoms with Crippen LogP contribution in [0.1, 0.15) is 24.8 Å². The lowest BCUT2D eigenvalue weighted by molar-refractivity contribution is -0.128. The predicted octanol–water partition coefficient (Wildman–Crippen LogP) is 2.74. The Kier molecular flexibility index (Phi) is 8.49. The van der Waals surface area contributed by atoms with E-state index in [1.165, 1.54) is 18.4 Å². The van der Waals surface area contributed by atoms with Gasteiger partial charge in [0, 0.05) is 50.5 Å². The highest BCUT2D eigenvalue weighted by atomic mass is 127. The highest BCUT2D eigenvalue weighted by molar-refractivity contribution is 14.0. The maximum atomic E-state index is 11.6. The minimum Gasteiger partial charge on any atom is -0.356 e. The van der Waals surface area contributed by atoms with Gasteiger partial charge in [-0.15, -0.1) is 24.0 Å². The molecule has 1 saturated carbocycles. The number of hydrogen-bond donors (Lipinski definition) is 2. The molecule has 1 amide bonds. The van der Waals surface area contributed by atoms with Gasteiger partial charge in [0.05, 0.1) is 0 Å². The number of nitrogens with zero attached hydrogens (tertiary/aromatic N) is 2. The van der Waals surface area contributed by atoms with Gasteiger partial charge in [0.1, 0.15) is 0 Å². The van der Waals surface area contributed by atoms with Gasteiger partial charge >= 0.3 is 0 Å². The van der Waals surface area contributed by atoms with E-state index in [9.17, 15) is 4.79 Å². The predicted molar refractivity (Wildman–Crippen MR) is 113 cm³/mol. The summed E-state index contributed by atoms with van der Waals surface area (Å²) in [7, 11) is 5.29. The van der Waals surface area contributed by atoms with Crippen molar-refractivity contribution in [2.24, 2.45) is 4.99 Å². The van der Waals surface area contributed by atoms with E-state index in [1.54, 1.807) is 26.0 Å². The minimum atomic E-state index is 0. The van der Waals surface area contributed by atoms with Crippen molar-refractivity contribution in [1.82, 2.24) is 15.5 Å². The van der Waals surface area contributed by atoms with Crippen LogP contribution in [0, 0.1) is 0 Å². The molecule has 2 rings (SSSR count). The molecule has 7 heteroatoms. The van der Waals surface area contributed by atoms with Gasteiger partial charge in [0.2, 0.25) is 5.91 Å². The van der Waals surface area contributed by atoms with E-state index in [2.05, 4.69) is 55.8 Å².